The first-order chi connectivity index (χ1) is 10.7. The normalized spacial score (nSPS) is 14.5. The minimum atomic E-state index is 0.577. The summed E-state index contributed by atoms with van der Waals surface area (Å²) in [6.45, 7) is 2.91. The third kappa shape index (κ3) is 2.32. The van der Waals surface area contributed by atoms with Crippen molar-refractivity contribution >= 4 is 11.5 Å². The molecule has 0 saturated heterocycles. The molecular formula is C17H19N5. The van der Waals surface area contributed by atoms with Gasteiger partial charge < -0.3 is 4.90 Å². The quantitative estimate of drug-likeness (QED) is 0.742. The number of hydrogen-bond donors (Lipinski definition) is 0. The Morgan fingerprint density at radius 1 is 1.18 bits per heavy atom. The fourth-order valence-corrected chi connectivity index (χ4v) is 2.76. The molecule has 112 valence electrons. The van der Waals surface area contributed by atoms with Gasteiger partial charge >= 0.3 is 0 Å². The number of rotatable bonds is 4. The van der Waals surface area contributed by atoms with E-state index in [1.54, 1.807) is 0 Å². The van der Waals surface area contributed by atoms with Crippen LogP contribution in [0.4, 0.5) is 5.82 Å². The molecule has 2 aromatic heterocycles. The van der Waals surface area contributed by atoms with Crippen LogP contribution in [0.1, 0.15) is 35.7 Å². The molecule has 0 unspecified atom stereocenters. The summed E-state index contributed by atoms with van der Waals surface area (Å²) in [5.74, 6) is 2.53. The van der Waals surface area contributed by atoms with Gasteiger partial charge in [0.1, 0.15) is 5.82 Å². The van der Waals surface area contributed by atoms with E-state index in [0.29, 0.717) is 5.92 Å². The number of nitrogens with zero attached hydrogens (tertiary/aromatic N) is 5. The molecule has 1 saturated carbocycles. The second-order valence-corrected chi connectivity index (χ2v) is 6.12. The van der Waals surface area contributed by atoms with Gasteiger partial charge in [-0.25, -0.2) is 4.98 Å². The van der Waals surface area contributed by atoms with Gasteiger partial charge in [-0.2, -0.15) is 0 Å². The molecule has 1 aliphatic rings. The Kier molecular flexibility index (Phi) is 3.06. The zero-order valence-electron chi connectivity index (χ0n) is 12.9. The van der Waals surface area contributed by atoms with Gasteiger partial charge in [-0.15, -0.1) is 10.2 Å². The lowest BCUT2D eigenvalue weighted by atomic mass is 10.1. The molecule has 0 amide bonds. The van der Waals surface area contributed by atoms with Gasteiger partial charge in [-0.3, -0.25) is 4.40 Å². The van der Waals surface area contributed by atoms with Crippen LogP contribution in [0, 0.1) is 6.92 Å². The maximum atomic E-state index is 4.52. The van der Waals surface area contributed by atoms with E-state index in [2.05, 4.69) is 55.7 Å². The molecule has 2 heterocycles. The van der Waals surface area contributed by atoms with Crippen molar-refractivity contribution in [3.63, 3.8) is 0 Å². The van der Waals surface area contributed by atoms with Gasteiger partial charge in [0.15, 0.2) is 5.82 Å². The van der Waals surface area contributed by atoms with Crippen LogP contribution < -0.4 is 4.90 Å². The van der Waals surface area contributed by atoms with Crippen molar-refractivity contribution in [2.45, 2.75) is 32.2 Å². The number of benzene rings is 1. The lowest BCUT2D eigenvalue weighted by Gasteiger charge is -2.18. The molecule has 3 aromatic rings. The molecule has 5 heteroatoms. The van der Waals surface area contributed by atoms with Gasteiger partial charge in [0, 0.05) is 31.9 Å². The number of hydrogen-bond acceptors (Lipinski definition) is 4. The summed E-state index contributed by atoms with van der Waals surface area (Å²) in [7, 11) is 2.05. The number of aryl methyl sites for hydroxylation is 1. The lowest BCUT2D eigenvalue weighted by molar-refractivity contribution is 0.877. The highest BCUT2D eigenvalue weighted by Gasteiger charge is 2.29. The van der Waals surface area contributed by atoms with E-state index >= 15 is 0 Å². The molecule has 4 rings (SSSR count). The monoisotopic (exact) mass is 293 g/mol. The number of aromatic nitrogens is 4. The zero-order valence-corrected chi connectivity index (χ0v) is 12.9. The Labute approximate surface area is 129 Å². The number of anilines is 1. The Hall–Kier alpha value is -2.43. The van der Waals surface area contributed by atoms with Crippen LogP contribution >= 0.6 is 0 Å². The van der Waals surface area contributed by atoms with Crippen LogP contribution in [0.15, 0.2) is 36.7 Å². The lowest BCUT2D eigenvalue weighted by Crippen LogP contribution is -2.18. The Morgan fingerprint density at radius 2 is 1.95 bits per heavy atom. The van der Waals surface area contributed by atoms with Gasteiger partial charge in [-0.1, -0.05) is 29.8 Å². The van der Waals surface area contributed by atoms with Gasteiger partial charge in [0.05, 0.1) is 0 Å². The van der Waals surface area contributed by atoms with E-state index in [-0.39, 0.29) is 0 Å². The van der Waals surface area contributed by atoms with Crippen molar-refractivity contribution in [3.8, 4) is 0 Å². The van der Waals surface area contributed by atoms with Gasteiger partial charge in [0.2, 0.25) is 5.65 Å². The summed E-state index contributed by atoms with van der Waals surface area (Å²) in [4.78, 5) is 6.65. The summed E-state index contributed by atoms with van der Waals surface area (Å²) in [5, 5.41) is 8.73. The summed E-state index contributed by atoms with van der Waals surface area (Å²) in [6.07, 6.45) is 6.24. The second-order valence-electron chi connectivity index (χ2n) is 6.12. The van der Waals surface area contributed by atoms with E-state index in [0.717, 1.165) is 23.8 Å². The summed E-state index contributed by atoms with van der Waals surface area (Å²) < 4.78 is 2.09. The molecular weight excluding hydrogens is 274 g/mol. The minimum Gasteiger partial charge on any atom is -0.352 e. The van der Waals surface area contributed by atoms with E-state index in [1.165, 1.54) is 24.0 Å². The highest BCUT2D eigenvalue weighted by atomic mass is 15.3. The third-order valence-electron chi connectivity index (χ3n) is 4.18. The molecule has 5 nitrogen and oxygen atoms in total. The average Bonchev–Trinajstić information content (AvgIpc) is 3.28. The maximum absolute atomic E-state index is 4.52. The fraction of sp³-hybridized carbons (Fsp3) is 0.353. The Bertz CT molecular complexity index is 802. The highest BCUT2D eigenvalue weighted by Crippen LogP contribution is 2.39. The van der Waals surface area contributed by atoms with Gasteiger partial charge in [0.25, 0.3) is 0 Å². The molecule has 0 spiro atoms. The zero-order chi connectivity index (χ0) is 15.1. The van der Waals surface area contributed by atoms with Crippen LogP contribution in [-0.4, -0.2) is 26.6 Å². The van der Waals surface area contributed by atoms with Crippen LogP contribution in [0.2, 0.25) is 0 Å². The van der Waals surface area contributed by atoms with Crippen molar-refractivity contribution in [2.75, 3.05) is 11.9 Å². The molecule has 0 atom stereocenters. The van der Waals surface area contributed by atoms with Crippen molar-refractivity contribution in [1.29, 1.82) is 0 Å². The average molecular weight is 293 g/mol. The Balaban J connectivity index is 1.66. The summed E-state index contributed by atoms with van der Waals surface area (Å²) in [6, 6.07) is 8.59. The molecule has 0 bridgehead atoms. The molecule has 1 aliphatic carbocycles. The number of fused-ring (bicyclic) bond motifs is 1. The largest absolute Gasteiger partial charge is 0.352 e. The van der Waals surface area contributed by atoms with Crippen molar-refractivity contribution in [2.24, 2.45) is 0 Å². The third-order valence-corrected chi connectivity index (χ3v) is 4.18. The smallest absolute Gasteiger partial charge is 0.203 e. The highest BCUT2D eigenvalue weighted by molar-refractivity contribution is 5.63. The first-order valence-corrected chi connectivity index (χ1v) is 7.68. The molecule has 0 N–H and O–H groups in total. The van der Waals surface area contributed by atoms with Crippen LogP contribution in [-0.2, 0) is 6.54 Å². The SMILES string of the molecule is Cc1ccc(CN(C)c2nccn3c(C4CC4)nnc23)cc1. The molecule has 0 aliphatic heterocycles. The van der Waals surface area contributed by atoms with Crippen molar-refractivity contribution in [3.05, 3.63) is 53.6 Å². The van der Waals surface area contributed by atoms with E-state index < -0.39 is 0 Å². The second kappa shape index (κ2) is 5.09. The molecule has 1 fully saturated rings. The predicted octanol–water partition coefficient (Wildman–Crippen LogP) is 2.95. The van der Waals surface area contributed by atoms with Crippen molar-refractivity contribution < 1.29 is 0 Å². The Morgan fingerprint density at radius 3 is 2.68 bits per heavy atom. The fourth-order valence-electron chi connectivity index (χ4n) is 2.76. The van der Waals surface area contributed by atoms with E-state index in [9.17, 15) is 0 Å². The topological polar surface area (TPSA) is 46.3 Å². The summed E-state index contributed by atoms with van der Waals surface area (Å²) in [5.41, 5.74) is 3.39. The molecule has 22 heavy (non-hydrogen) atoms. The first-order valence-electron chi connectivity index (χ1n) is 7.68. The van der Waals surface area contributed by atoms with E-state index in [4.69, 9.17) is 0 Å². The molecule has 1 aromatic carbocycles. The van der Waals surface area contributed by atoms with Crippen molar-refractivity contribution in [1.82, 2.24) is 19.6 Å². The summed E-state index contributed by atoms with van der Waals surface area (Å²) >= 11 is 0. The van der Waals surface area contributed by atoms with Crippen LogP contribution in [0.25, 0.3) is 5.65 Å². The standard InChI is InChI=1S/C17H19N5/c1-12-3-5-13(6-4-12)11-21(2)16-17-20-19-15(14-7-8-14)22(17)10-9-18-16/h3-6,9-10,14H,7-8,11H2,1-2H3. The van der Waals surface area contributed by atoms with Crippen LogP contribution in [0.3, 0.4) is 0 Å². The van der Waals surface area contributed by atoms with E-state index in [1.807, 2.05) is 19.4 Å². The molecule has 0 radical (unpaired) electrons. The maximum Gasteiger partial charge on any atom is 0.203 e. The predicted molar refractivity (Wildman–Crippen MR) is 86.0 cm³/mol. The van der Waals surface area contributed by atoms with Crippen LogP contribution in [0.5, 0.6) is 0 Å². The first kappa shape index (κ1) is 13.2. The van der Waals surface area contributed by atoms with Gasteiger partial charge in [-0.05, 0) is 25.3 Å². The minimum absolute atomic E-state index is 0.577.